The van der Waals surface area contributed by atoms with Gasteiger partial charge in [0.1, 0.15) is 0 Å². The van der Waals surface area contributed by atoms with Crippen LogP contribution in [0.15, 0.2) is 12.1 Å². The average molecular weight is 273 g/mol. The summed E-state index contributed by atoms with van der Waals surface area (Å²) in [5.41, 5.74) is -0.413. The van der Waals surface area contributed by atoms with Gasteiger partial charge in [-0.15, -0.1) is 0 Å². The van der Waals surface area contributed by atoms with Gasteiger partial charge < -0.3 is 14.8 Å². The van der Waals surface area contributed by atoms with Crippen LogP contribution in [0.25, 0.3) is 0 Å². The largest absolute Gasteiger partial charge is 0.465 e. The number of ether oxygens (including phenoxy) is 2. The van der Waals surface area contributed by atoms with Gasteiger partial charge in [-0.1, -0.05) is 6.92 Å². The van der Waals surface area contributed by atoms with Gasteiger partial charge in [-0.25, -0.2) is 13.6 Å². The van der Waals surface area contributed by atoms with E-state index in [0.717, 1.165) is 7.11 Å². The lowest BCUT2D eigenvalue weighted by Gasteiger charge is -2.14. The predicted molar refractivity (Wildman–Crippen MR) is 67.2 cm³/mol. The number of benzene rings is 1. The van der Waals surface area contributed by atoms with Crippen LogP contribution in [-0.4, -0.2) is 33.3 Å². The van der Waals surface area contributed by atoms with Crippen molar-refractivity contribution in [2.45, 2.75) is 6.92 Å². The lowest BCUT2D eigenvalue weighted by Crippen LogP contribution is -2.17. The van der Waals surface area contributed by atoms with Gasteiger partial charge >= 0.3 is 5.97 Å². The van der Waals surface area contributed by atoms with Crippen LogP contribution in [0.4, 0.5) is 14.5 Å². The fraction of sp³-hybridized carbons (Fsp3) is 0.462. The van der Waals surface area contributed by atoms with E-state index in [9.17, 15) is 13.6 Å². The molecule has 6 heteroatoms. The van der Waals surface area contributed by atoms with Gasteiger partial charge in [0.2, 0.25) is 0 Å². The number of methoxy groups -OCH3 is 2. The van der Waals surface area contributed by atoms with Crippen LogP contribution in [0.1, 0.15) is 17.3 Å². The van der Waals surface area contributed by atoms with Crippen LogP contribution in [0.5, 0.6) is 0 Å². The standard InChI is InChI=1S/C13H17F2NO3/c1-8(7-18-2)6-16-10-5-4-9(13(17)19-3)11(14)12(10)15/h4-5,8,16H,6-7H2,1-3H3. The molecule has 0 saturated carbocycles. The third-order valence-electron chi connectivity index (χ3n) is 2.58. The Labute approximate surface area is 110 Å². The molecule has 0 heterocycles. The molecule has 106 valence electrons. The van der Waals surface area contributed by atoms with E-state index in [1.165, 1.54) is 12.1 Å². The zero-order chi connectivity index (χ0) is 14.4. The van der Waals surface area contributed by atoms with Crippen molar-refractivity contribution >= 4 is 11.7 Å². The van der Waals surface area contributed by atoms with E-state index in [1.807, 2.05) is 6.92 Å². The summed E-state index contributed by atoms with van der Waals surface area (Å²) in [6.07, 6.45) is 0. The van der Waals surface area contributed by atoms with Crippen LogP contribution >= 0.6 is 0 Å². The molecule has 0 aliphatic rings. The fourth-order valence-electron chi connectivity index (χ4n) is 1.58. The number of halogens is 2. The molecular formula is C13H17F2NO3. The summed E-state index contributed by atoms with van der Waals surface area (Å²) in [6.45, 7) is 2.85. The Morgan fingerprint density at radius 2 is 2.00 bits per heavy atom. The van der Waals surface area contributed by atoms with Crippen molar-refractivity contribution in [2.75, 3.05) is 32.7 Å². The van der Waals surface area contributed by atoms with Gasteiger partial charge in [0.05, 0.1) is 25.0 Å². The summed E-state index contributed by atoms with van der Waals surface area (Å²) in [7, 11) is 2.68. The van der Waals surface area contributed by atoms with Crippen molar-refractivity contribution in [3.63, 3.8) is 0 Å². The summed E-state index contributed by atoms with van der Waals surface area (Å²) >= 11 is 0. The van der Waals surface area contributed by atoms with Gasteiger partial charge in [0, 0.05) is 13.7 Å². The first-order valence-corrected chi connectivity index (χ1v) is 5.80. The smallest absolute Gasteiger partial charge is 0.340 e. The highest BCUT2D eigenvalue weighted by atomic mass is 19.2. The monoisotopic (exact) mass is 273 g/mol. The highest BCUT2D eigenvalue weighted by Crippen LogP contribution is 2.21. The number of esters is 1. The molecule has 19 heavy (non-hydrogen) atoms. The van der Waals surface area contributed by atoms with E-state index in [1.54, 1.807) is 7.11 Å². The van der Waals surface area contributed by atoms with Crippen LogP contribution in [0.2, 0.25) is 0 Å². The second-order valence-electron chi connectivity index (χ2n) is 4.22. The number of nitrogens with one attached hydrogen (secondary N) is 1. The molecule has 0 radical (unpaired) electrons. The molecule has 1 aromatic rings. The molecule has 4 nitrogen and oxygen atoms in total. The Hall–Kier alpha value is -1.69. The molecular weight excluding hydrogens is 256 g/mol. The van der Waals surface area contributed by atoms with E-state index >= 15 is 0 Å². The summed E-state index contributed by atoms with van der Waals surface area (Å²) in [5.74, 6) is -3.06. The minimum absolute atomic E-state index is 0.00751. The molecule has 0 saturated heterocycles. The SMILES string of the molecule is COCC(C)CNc1ccc(C(=O)OC)c(F)c1F. The molecule has 1 aromatic carbocycles. The molecule has 0 fully saturated rings. The van der Waals surface area contributed by atoms with Gasteiger partial charge in [0.25, 0.3) is 0 Å². The number of carbonyl (C=O) groups excluding carboxylic acids is 1. The van der Waals surface area contributed by atoms with Crippen LogP contribution < -0.4 is 5.32 Å². The van der Waals surface area contributed by atoms with E-state index < -0.39 is 23.2 Å². The fourth-order valence-corrected chi connectivity index (χ4v) is 1.58. The first-order valence-electron chi connectivity index (χ1n) is 5.80. The van der Waals surface area contributed by atoms with Crippen LogP contribution in [-0.2, 0) is 9.47 Å². The van der Waals surface area contributed by atoms with Gasteiger partial charge in [0.15, 0.2) is 11.6 Å². The van der Waals surface area contributed by atoms with Gasteiger partial charge in [-0.05, 0) is 18.1 Å². The normalized spacial score (nSPS) is 12.1. The lowest BCUT2D eigenvalue weighted by molar-refractivity contribution is 0.0594. The Bertz CT molecular complexity index is 452. The molecule has 1 unspecified atom stereocenters. The van der Waals surface area contributed by atoms with Crippen LogP contribution in [0, 0.1) is 17.6 Å². The predicted octanol–water partition coefficient (Wildman–Crippen LogP) is 2.45. The van der Waals surface area contributed by atoms with Crippen molar-refractivity contribution in [1.29, 1.82) is 0 Å². The molecule has 0 spiro atoms. The second kappa shape index (κ2) is 7.04. The minimum Gasteiger partial charge on any atom is -0.465 e. The molecule has 1 rings (SSSR count). The Morgan fingerprint density at radius 1 is 1.32 bits per heavy atom. The summed E-state index contributed by atoms with van der Waals surface area (Å²) in [6, 6.07) is 2.50. The number of anilines is 1. The van der Waals surface area contributed by atoms with E-state index in [0.29, 0.717) is 13.2 Å². The zero-order valence-corrected chi connectivity index (χ0v) is 11.1. The first kappa shape index (κ1) is 15.4. The van der Waals surface area contributed by atoms with E-state index in [-0.39, 0.29) is 11.6 Å². The number of carbonyl (C=O) groups is 1. The highest BCUT2D eigenvalue weighted by molar-refractivity contribution is 5.90. The maximum Gasteiger partial charge on any atom is 0.340 e. The second-order valence-corrected chi connectivity index (χ2v) is 4.22. The van der Waals surface area contributed by atoms with E-state index in [4.69, 9.17) is 4.74 Å². The molecule has 0 amide bonds. The van der Waals surface area contributed by atoms with Crippen molar-refractivity contribution < 1.29 is 23.0 Å². The first-order chi connectivity index (χ1) is 9.01. The average Bonchev–Trinajstić information content (AvgIpc) is 2.40. The van der Waals surface area contributed by atoms with Crippen LogP contribution in [0.3, 0.4) is 0 Å². The molecule has 0 aromatic heterocycles. The van der Waals surface area contributed by atoms with Crippen molar-refractivity contribution in [1.82, 2.24) is 0 Å². The van der Waals surface area contributed by atoms with Crippen molar-refractivity contribution in [2.24, 2.45) is 5.92 Å². The van der Waals surface area contributed by atoms with Crippen molar-refractivity contribution in [3.8, 4) is 0 Å². The number of hydrogen-bond donors (Lipinski definition) is 1. The Morgan fingerprint density at radius 3 is 2.58 bits per heavy atom. The molecule has 1 N–H and O–H groups in total. The summed E-state index contributed by atoms with van der Waals surface area (Å²) in [4.78, 5) is 11.2. The van der Waals surface area contributed by atoms with E-state index in [2.05, 4.69) is 10.1 Å². The number of rotatable bonds is 6. The summed E-state index contributed by atoms with van der Waals surface area (Å²) in [5, 5.41) is 2.78. The molecule has 1 atom stereocenters. The third-order valence-corrected chi connectivity index (χ3v) is 2.58. The zero-order valence-electron chi connectivity index (χ0n) is 11.1. The third kappa shape index (κ3) is 3.89. The lowest BCUT2D eigenvalue weighted by atomic mass is 10.1. The molecule has 0 aliphatic carbocycles. The number of hydrogen-bond acceptors (Lipinski definition) is 4. The highest BCUT2D eigenvalue weighted by Gasteiger charge is 2.19. The maximum absolute atomic E-state index is 13.7. The van der Waals surface area contributed by atoms with Crippen molar-refractivity contribution in [3.05, 3.63) is 29.3 Å². The maximum atomic E-state index is 13.7. The Kier molecular flexibility index (Phi) is 5.69. The Balaban J connectivity index is 2.82. The summed E-state index contributed by atoms with van der Waals surface area (Å²) < 4.78 is 36.7. The van der Waals surface area contributed by atoms with Gasteiger partial charge in [-0.2, -0.15) is 0 Å². The van der Waals surface area contributed by atoms with Gasteiger partial charge in [-0.3, -0.25) is 0 Å². The molecule has 0 bridgehead atoms. The molecule has 0 aliphatic heterocycles. The quantitative estimate of drug-likeness (QED) is 0.809. The minimum atomic E-state index is -1.21. The topological polar surface area (TPSA) is 47.6 Å².